The molecule has 1 N–H and O–H groups in total. The van der Waals surface area contributed by atoms with E-state index in [0.717, 1.165) is 32.7 Å². The van der Waals surface area contributed by atoms with Gasteiger partial charge in [-0.05, 0) is 37.1 Å². The number of hydrogen-bond donors (Lipinski definition) is 1. The zero-order valence-electron chi connectivity index (χ0n) is 14.8. The first kappa shape index (κ1) is 18.0. The van der Waals surface area contributed by atoms with Gasteiger partial charge in [0.15, 0.2) is 0 Å². The SMILES string of the molecule is Cc1ccc(S/C(C(=O)O)=C(/c2ccccc2)c2ccc(C)cc2)cc1. The molecule has 3 rings (SSSR count). The Hall–Kier alpha value is -2.78. The van der Waals surface area contributed by atoms with Gasteiger partial charge >= 0.3 is 5.97 Å². The van der Waals surface area contributed by atoms with E-state index in [4.69, 9.17) is 0 Å². The molecule has 0 saturated heterocycles. The molecule has 0 amide bonds. The van der Waals surface area contributed by atoms with E-state index in [0.29, 0.717) is 4.91 Å². The summed E-state index contributed by atoms with van der Waals surface area (Å²) in [7, 11) is 0. The number of carboxylic acids is 1. The number of carboxylic acid groups (broad SMARTS) is 1. The molecule has 0 aromatic heterocycles. The number of hydrogen-bond acceptors (Lipinski definition) is 2. The normalized spacial score (nSPS) is 11.8. The Labute approximate surface area is 158 Å². The zero-order chi connectivity index (χ0) is 18.5. The highest BCUT2D eigenvalue weighted by molar-refractivity contribution is 8.04. The Bertz CT molecular complexity index is 924. The van der Waals surface area contributed by atoms with Crippen molar-refractivity contribution in [3.63, 3.8) is 0 Å². The van der Waals surface area contributed by atoms with Crippen LogP contribution in [-0.4, -0.2) is 11.1 Å². The lowest BCUT2D eigenvalue weighted by Gasteiger charge is -2.14. The van der Waals surface area contributed by atoms with Gasteiger partial charge in [0.05, 0.1) is 0 Å². The largest absolute Gasteiger partial charge is 0.477 e. The number of aryl methyl sites for hydroxylation is 2. The first-order valence-corrected chi connectivity index (χ1v) is 9.21. The molecule has 0 heterocycles. The van der Waals surface area contributed by atoms with E-state index in [-0.39, 0.29) is 0 Å². The average Bonchev–Trinajstić information content (AvgIpc) is 2.65. The molecule has 0 saturated carbocycles. The molecule has 2 nitrogen and oxygen atoms in total. The Morgan fingerprint density at radius 3 is 1.77 bits per heavy atom. The maximum atomic E-state index is 12.1. The van der Waals surface area contributed by atoms with Crippen molar-refractivity contribution in [1.29, 1.82) is 0 Å². The van der Waals surface area contributed by atoms with Crippen molar-refractivity contribution < 1.29 is 9.90 Å². The lowest BCUT2D eigenvalue weighted by Crippen LogP contribution is -2.03. The van der Waals surface area contributed by atoms with E-state index < -0.39 is 5.97 Å². The third kappa shape index (κ3) is 4.24. The third-order valence-electron chi connectivity index (χ3n) is 4.06. The van der Waals surface area contributed by atoms with Crippen LogP contribution in [0.3, 0.4) is 0 Å². The molecule has 26 heavy (non-hydrogen) atoms. The van der Waals surface area contributed by atoms with Crippen LogP contribution in [0, 0.1) is 13.8 Å². The van der Waals surface area contributed by atoms with Gasteiger partial charge in [-0.3, -0.25) is 0 Å². The molecule has 0 aliphatic rings. The van der Waals surface area contributed by atoms with Gasteiger partial charge in [-0.25, -0.2) is 4.79 Å². The summed E-state index contributed by atoms with van der Waals surface area (Å²) in [5.41, 5.74) is 4.83. The van der Waals surface area contributed by atoms with Gasteiger partial charge in [0.2, 0.25) is 0 Å². The van der Waals surface area contributed by atoms with Crippen molar-refractivity contribution in [2.24, 2.45) is 0 Å². The number of carbonyl (C=O) groups is 1. The second-order valence-electron chi connectivity index (χ2n) is 6.16. The minimum absolute atomic E-state index is 0.323. The van der Waals surface area contributed by atoms with Crippen LogP contribution in [0.2, 0.25) is 0 Å². The highest BCUT2D eigenvalue weighted by atomic mass is 32.2. The van der Waals surface area contributed by atoms with Crippen LogP contribution in [0.5, 0.6) is 0 Å². The number of rotatable bonds is 5. The summed E-state index contributed by atoms with van der Waals surface area (Å²) in [6.07, 6.45) is 0. The molecule has 0 bridgehead atoms. The van der Waals surface area contributed by atoms with Gasteiger partial charge in [-0.1, -0.05) is 89.6 Å². The van der Waals surface area contributed by atoms with Crippen molar-refractivity contribution in [2.75, 3.05) is 0 Å². The van der Waals surface area contributed by atoms with Crippen molar-refractivity contribution in [2.45, 2.75) is 18.7 Å². The van der Waals surface area contributed by atoms with Gasteiger partial charge in [0.1, 0.15) is 4.91 Å². The first-order valence-electron chi connectivity index (χ1n) is 8.39. The van der Waals surface area contributed by atoms with Crippen LogP contribution in [0.25, 0.3) is 5.57 Å². The standard InChI is InChI=1S/C23H20O2S/c1-16-8-12-19(13-9-16)21(18-6-4-3-5-7-18)22(23(24)25)26-20-14-10-17(2)11-15-20/h3-15H,1-2H3,(H,24,25)/b22-21-. The summed E-state index contributed by atoms with van der Waals surface area (Å²) in [6, 6.07) is 25.6. The minimum Gasteiger partial charge on any atom is -0.477 e. The molecule has 0 fully saturated rings. The monoisotopic (exact) mass is 360 g/mol. The fourth-order valence-electron chi connectivity index (χ4n) is 2.68. The second-order valence-corrected chi connectivity index (χ2v) is 7.24. The van der Waals surface area contributed by atoms with E-state index >= 15 is 0 Å². The molecule has 0 spiro atoms. The Balaban J connectivity index is 2.18. The van der Waals surface area contributed by atoms with Crippen LogP contribution < -0.4 is 0 Å². The number of benzene rings is 3. The molecular formula is C23H20O2S. The first-order chi connectivity index (χ1) is 12.5. The number of thioether (sulfide) groups is 1. The van der Waals surface area contributed by atoms with E-state index in [9.17, 15) is 9.90 Å². The molecule has 3 heteroatoms. The van der Waals surface area contributed by atoms with E-state index in [2.05, 4.69) is 0 Å². The van der Waals surface area contributed by atoms with Gasteiger partial charge < -0.3 is 5.11 Å². The van der Waals surface area contributed by atoms with Gasteiger partial charge in [0, 0.05) is 10.5 Å². The third-order valence-corrected chi connectivity index (χ3v) is 5.16. The quantitative estimate of drug-likeness (QED) is 0.452. The van der Waals surface area contributed by atoms with E-state index in [1.54, 1.807) is 0 Å². The molecule has 3 aromatic carbocycles. The Morgan fingerprint density at radius 1 is 0.731 bits per heavy atom. The summed E-state index contributed by atoms with van der Waals surface area (Å²) in [5, 5.41) is 9.96. The predicted molar refractivity (Wildman–Crippen MR) is 108 cm³/mol. The highest BCUT2D eigenvalue weighted by Gasteiger charge is 2.19. The molecule has 0 radical (unpaired) electrons. The summed E-state index contributed by atoms with van der Waals surface area (Å²) < 4.78 is 0. The molecule has 0 atom stereocenters. The van der Waals surface area contributed by atoms with Crippen molar-refractivity contribution in [1.82, 2.24) is 0 Å². The minimum atomic E-state index is -0.921. The van der Waals surface area contributed by atoms with Crippen LogP contribution in [0.1, 0.15) is 22.3 Å². The fourth-order valence-corrected chi connectivity index (χ4v) is 3.61. The number of aliphatic carboxylic acids is 1. The van der Waals surface area contributed by atoms with Crippen LogP contribution in [0.4, 0.5) is 0 Å². The van der Waals surface area contributed by atoms with Gasteiger partial charge in [0.25, 0.3) is 0 Å². The molecule has 0 unspecified atom stereocenters. The van der Waals surface area contributed by atoms with E-state index in [1.165, 1.54) is 11.8 Å². The van der Waals surface area contributed by atoms with Crippen LogP contribution in [-0.2, 0) is 4.79 Å². The highest BCUT2D eigenvalue weighted by Crippen LogP contribution is 2.37. The maximum absolute atomic E-state index is 12.1. The zero-order valence-corrected chi connectivity index (χ0v) is 15.6. The summed E-state index contributed by atoms with van der Waals surface area (Å²) >= 11 is 1.29. The van der Waals surface area contributed by atoms with Crippen molar-refractivity contribution in [3.8, 4) is 0 Å². The fraction of sp³-hybridized carbons (Fsp3) is 0.0870. The summed E-state index contributed by atoms with van der Waals surface area (Å²) in [4.78, 5) is 13.4. The molecular weight excluding hydrogens is 340 g/mol. The average molecular weight is 360 g/mol. The lowest BCUT2D eigenvalue weighted by atomic mass is 9.96. The van der Waals surface area contributed by atoms with Crippen LogP contribution >= 0.6 is 11.8 Å². The summed E-state index contributed by atoms with van der Waals surface area (Å²) in [6.45, 7) is 4.04. The summed E-state index contributed by atoms with van der Waals surface area (Å²) in [5.74, 6) is -0.921. The van der Waals surface area contributed by atoms with Gasteiger partial charge in [-0.2, -0.15) is 0 Å². The van der Waals surface area contributed by atoms with E-state index in [1.807, 2.05) is 92.7 Å². The Morgan fingerprint density at radius 2 is 1.23 bits per heavy atom. The maximum Gasteiger partial charge on any atom is 0.343 e. The Kier molecular flexibility index (Phi) is 5.59. The topological polar surface area (TPSA) is 37.3 Å². The smallest absolute Gasteiger partial charge is 0.343 e. The van der Waals surface area contributed by atoms with Crippen molar-refractivity contribution >= 4 is 23.3 Å². The van der Waals surface area contributed by atoms with Crippen LogP contribution in [0.15, 0.2) is 88.7 Å². The molecule has 130 valence electrons. The van der Waals surface area contributed by atoms with Gasteiger partial charge in [-0.15, -0.1) is 0 Å². The lowest BCUT2D eigenvalue weighted by molar-refractivity contribution is -0.131. The second kappa shape index (κ2) is 8.07. The molecule has 0 aliphatic heterocycles. The molecule has 3 aromatic rings. The molecule has 0 aliphatic carbocycles. The predicted octanol–water partition coefficient (Wildman–Crippen LogP) is 5.94. The van der Waals surface area contributed by atoms with Crippen molar-refractivity contribution in [3.05, 3.63) is 106 Å².